The topological polar surface area (TPSA) is 84.2 Å². The Hall–Kier alpha value is -0.940. The van der Waals surface area contributed by atoms with E-state index < -0.39 is 5.41 Å². The standard InChI is InChI=1S/C10H17N3O2/c11-13-8(14)5-10(3-4-12-6-10)9(15)7-1-2-7/h7,12H,1-6,11H2,(H,13,14)/t10-/m1/s1. The molecule has 4 N–H and O–H groups in total. The molecule has 15 heavy (non-hydrogen) atoms. The van der Waals surface area contributed by atoms with Crippen LogP contribution in [0.15, 0.2) is 0 Å². The van der Waals surface area contributed by atoms with Gasteiger partial charge in [-0.3, -0.25) is 15.0 Å². The van der Waals surface area contributed by atoms with Gasteiger partial charge in [0.25, 0.3) is 0 Å². The van der Waals surface area contributed by atoms with Crippen molar-refractivity contribution in [3.8, 4) is 0 Å². The molecule has 84 valence electrons. The molecule has 1 saturated carbocycles. The van der Waals surface area contributed by atoms with Crippen LogP contribution in [0.5, 0.6) is 0 Å². The summed E-state index contributed by atoms with van der Waals surface area (Å²) >= 11 is 0. The molecular weight excluding hydrogens is 194 g/mol. The Bertz CT molecular complexity index is 280. The molecule has 2 aliphatic rings. The Morgan fingerprint density at radius 1 is 1.47 bits per heavy atom. The molecule has 1 amide bonds. The number of amides is 1. The van der Waals surface area contributed by atoms with Gasteiger partial charge in [-0.1, -0.05) is 0 Å². The van der Waals surface area contributed by atoms with E-state index in [4.69, 9.17) is 5.84 Å². The van der Waals surface area contributed by atoms with Gasteiger partial charge in [-0.25, -0.2) is 5.84 Å². The third-order valence-electron chi connectivity index (χ3n) is 3.37. The zero-order valence-electron chi connectivity index (χ0n) is 8.71. The van der Waals surface area contributed by atoms with Crippen molar-refractivity contribution >= 4 is 11.7 Å². The van der Waals surface area contributed by atoms with Crippen molar-refractivity contribution < 1.29 is 9.59 Å². The molecule has 1 saturated heterocycles. The molecule has 0 spiro atoms. The summed E-state index contributed by atoms with van der Waals surface area (Å²) in [7, 11) is 0. The lowest BCUT2D eigenvalue weighted by Crippen LogP contribution is -2.42. The summed E-state index contributed by atoms with van der Waals surface area (Å²) in [6.45, 7) is 1.44. The summed E-state index contributed by atoms with van der Waals surface area (Å²) in [5.41, 5.74) is 1.63. The van der Waals surface area contributed by atoms with Crippen molar-refractivity contribution in [1.82, 2.24) is 10.7 Å². The second-order valence-electron chi connectivity index (χ2n) is 4.59. The average molecular weight is 211 g/mol. The van der Waals surface area contributed by atoms with Crippen LogP contribution in [-0.4, -0.2) is 24.8 Å². The maximum Gasteiger partial charge on any atom is 0.234 e. The van der Waals surface area contributed by atoms with E-state index >= 15 is 0 Å². The van der Waals surface area contributed by atoms with E-state index in [1.807, 2.05) is 0 Å². The fraction of sp³-hybridized carbons (Fsp3) is 0.800. The van der Waals surface area contributed by atoms with Gasteiger partial charge in [-0.2, -0.15) is 0 Å². The van der Waals surface area contributed by atoms with Gasteiger partial charge >= 0.3 is 0 Å². The minimum absolute atomic E-state index is 0.204. The van der Waals surface area contributed by atoms with Crippen LogP contribution >= 0.6 is 0 Å². The summed E-state index contributed by atoms with van der Waals surface area (Å²) in [4.78, 5) is 23.4. The monoisotopic (exact) mass is 211 g/mol. The van der Waals surface area contributed by atoms with Crippen molar-refractivity contribution in [3.05, 3.63) is 0 Å². The van der Waals surface area contributed by atoms with E-state index in [2.05, 4.69) is 10.7 Å². The fourth-order valence-electron chi connectivity index (χ4n) is 2.33. The third kappa shape index (κ3) is 2.03. The number of carbonyl (C=O) groups is 2. The molecule has 0 aromatic carbocycles. The molecule has 1 aliphatic heterocycles. The lowest BCUT2D eigenvalue weighted by molar-refractivity contribution is -0.134. The Morgan fingerprint density at radius 2 is 2.20 bits per heavy atom. The summed E-state index contributed by atoms with van der Waals surface area (Å²) < 4.78 is 0. The molecule has 0 unspecified atom stereocenters. The second kappa shape index (κ2) is 3.90. The van der Waals surface area contributed by atoms with Gasteiger partial charge < -0.3 is 5.32 Å². The smallest absolute Gasteiger partial charge is 0.234 e. The zero-order chi connectivity index (χ0) is 10.9. The van der Waals surface area contributed by atoms with Crippen molar-refractivity contribution in [2.24, 2.45) is 17.2 Å². The van der Waals surface area contributed by atoms with E-state index in [1.54, 1.807) is 0 Å². The SMILES string of the molecule is NNC(=O)C[C@]1(C(=O)C2CC2)CCNC1. The van der Waals surface area contributed by atoms with E-state index in [1.165, 1.54) is 0 Å². The summed E-state index contributed by atoms with van der Waals surface area (Å²) in [5.74, 6) is 5.29. The summed E-state index contributed by atoms with van der Waals surface area (Å²) in [5, 5.41) is 3.16. The summed E-state index contributed by atoms with van der Waals surface area (Å²) in [6.07, 6.45) is 2.97. The van der Waals surface area contributed by atoms with Crippen LogP contribution in [-0.2, 0) is 9.59 Å². The van der Waals surface area contributed by atoms with Crippen molar-refractivity contribution in [3.63, 3.8) is 0 Å². The van der Waals surface area contributed by atoms with Crippen LogP contribution in [0.25, 0.3) is 0 Å². The number of nitrogens with one attached hydrogen (secondary N) is 2. The van der Waals surface area contributed by atoms with Crippen LogP contribution in [0.1, 0.15) is 25.7 Å². The van der Waals surface area contributed by atoms with Gasteiger partial charge in [0.2, 0.25) is 5.91 Å². The Balaban J connectivity index is 2.08. The van der Waals surface area contributed by atoms with E-state index in [0.717, 1.165) is 25.8 Å². The highest BCUT2D eigenvalue weighted by Gasteiger charge is 2.48. The van der Waals surface area contributed by atoms with E-state index in [9.17, 15) is 9.59 Å². The number of hydrogen-bond acceptors (Lipinski definition) is 4. The highest BCUT2D eigenvalue weighted by molar-refractivity contribution is 5.93. The third-order valence-corrected chi connectivity index (χ3v) is 3.37. The lowest BCUT2D eigenvalue weighted by Gasteiger charge is -2.25. The number of Topliss-reactive ketones (excluding diaryl/α,β-unsaturated/α-hetero) is 1. The number of rotatable bonds is 4. The Kier molecular flexibility index (Phi) is 2.75. The van der Waals surface area contributed by atoms with Crippen LogP contribution in [0.2, 0.25) is 0 Å². The number of hydrogen-bond donors (Lipinski definition) is 3. The molecule has 5 nitrogen and oxygen atoms in total. The highest BCUT2D eigenvalue weighted by Crippen LogP contribution is 2.41. The molecule has 0 bridgehead atoms. The molecule has 2 fully saturated rings. The molecular formula is C10H17N3O2. The largest absolute Gasteiger partial charge is 0.316 e. The molecule has 1 atom stereocenters. The predicted octanol–water partition coefficient (Wildman–Crippen LogP) is -0.675. The first-order chi connectivity index (χ1) is 7.18. The van der Waals surface area contributed by atoms with E-state index in [-0.39, 0.29) is 24.0 Å². The van der Waals surface area contributed by atoms with Crippen LogP contribution in [0.3, 0.4) is 0 Å². The molecule has 5 heteroatoms. The van der Waals surface area contributed by atoms with Crippen LogP contribution in [0, 0.1) is 11.3 Å². The first-order valence-electron chi connectivity index (χ1n) is 5.42. The van der Waals surface area contributed by atoms with Gasteiger partial charge in [0, 0.05) is 18.9 Å². The highest BCUT2D eigenvalue weighted by atomic mass is 16.2. The van der Waals surface area contributed by atoms with Gasteiger partial charge in [-0.15, -0.1) is 0 Å². The fourth-order valence-corrected chi connectivity index (χ4v) is 2.33. The number of ketones is 1. The summed E-state index contributed by atoms with van der Waals surface area (Å²) in [6, 6.07) is 0. The van der Waals surface area contributed by atoms with Crippen LogP contribution < -0.4 is 16.6 Å². The van der Waals surface area contributed by atoms with E-state index in [0.29, 0.717) is 6.54 Å². The van der Waals surface area contributed by atoms with Gasteiger partial charge in [0.15, 0.2) is 0 Å². The Labute approximate surface area is 88.7 Å². The van der Waals surface area contributed by atoms with Crippen molar-refractivity contribution in [2.75, 3.05) is 13.1 Å². The maximum atomic E-state index is 12.1. The normalized spacial score (nSPS) is 30.2. The minimum Gasteiger partial charge on any atom is -0.316 e. The number of carbonyl (C=O) groups excluding carboxylic acids is 2. The van der Waals surface area contributed by atoms with Gasteiger partial charge in [-0.05, 0) is 25.8 Å². The number of hydrazine groups is 1. The lowest BCUT2D eigenvalue weighted by atomic mass is 9.77. The second-order valence-corrected chi connectivity index (χ2v) is 4.59. The predicted molar refractivity (Wildman–Crippen MR) is 54.6 cm³/mol. The van der Waals surface area contributed by atoms with Gasteiger partial charge in [0.05, 0.1) is 5.41 Å². The molecule has 1 heterocycles. The zero-order valence-corrected chi connectivity index (χ0v) is 8.71. The Morgan fingerprint density at radius 3 is 2.67 bits per heavy atom. The van der Waals surface area contributed by atoms with Crippen molar-refractivity contribution in [2.45, 2.75) is 25.7 Å². The average Bonchev–Trinajstić information content (AvgIpc) is 2.98. The molecule has 0 aromatic heterocycles. The maximum absolute atomic E-state index is 12.1. The molecule has 1 aliphatic carbocycles. The molecule has 2 rings (SSSR count). The van der Waals surface area contributed by atoms with Gasteiger partial charge in [0.1, 0.15) is 5.78 Å². The molecule has 0 radical (unpaired) electrons. The quantitative estimate of drug-likeness (QED) is 0.327. The molecule has 0 aromatic rings. The number of nitrogens with two attached hydrogens (primary N) is 1. The van der Waals surface area contributed by atoms with Crippen molar-refractivity contribution in [1.29, 1.82) is 0 Å². The first kappa shape index (κ1) is 10.6. The minimum atomic E-state index is -0.482. The first-order valence-corrected chi connectivity index (χ1v) is 5.42. The van der Waals surface area contributed by atoms with Crippen LogP contribution in [0.4, 0.5) is 0 Å².